The van der Waals surface area contributed by atoms with Crippen LogP contribution in [0.3, 0.4) is 0 Å². The largest absolute Gasteiger partial charge is 0.396 e. The molecule has 2 atom stereocenters. The maximum absolute atomic E-state index is 12.2. The van der Waals surface area contributed by atoms with Gasteiger partial charge in [0.25, 0.3) is 5.91 Å². The van der Waals surface area contributed by atoms with Crippen molar-refractivity contribution in [3.63, 3.8) is 0 Å². The number of aliphatic hydroxyl groups is 1. The maximum Gasteiger partial charge on any atom is 0.270 e. The second-order valence-electron chi connectivity index (χ2n) is 4.94. The molecule has 2 aromatic rings. The number of hydrogen-bond acceptors (Lipinski definition) is 3. The van der Waals surface area contributed by atoms with Crippen LogP contribution in [0, 0.1) is 5.92 Å². The van der Waals surface area contributed by atoms with Gasteiger partial charge in [-0.3, -0.25) is 4.79 Å². The van der Waals surface area contributed by atoms with Crippen LogP contribution in [-0.2, 0) is 0 Å². The summed E-state index contributed by atoms with van der Waals surface area (Å²) in [5.41, 5.74) is 0.283. The molecule has 0 radical (unpaired) electrons. The van der Waals surface area contributed by atoms with E-state index in [0.717, 1.165) is 10.8 Å². The van der Waals surface area contributed by atoms with Gasteiger partial charge in [0.15, 0.2) is 0 Å². The van der Waals surface area contributed by atoms with Crippen molar-refractivity contribution < 1.29 is 9.90 Å². The summed E-state index contributed by atoms with van der Waals surface area (Å²) in [7, 11) is 0. The van der Waals surface area contributed by atoms with E-state index in [1.807, 2.05) is 38.1 Å². The van der Waals surface area contributed by atoms with E-state index in [-0.39, 0.29) is 30.2 Å². The van der Waals surface area contributed by atoms with Crippen LogP contribution in [0.5, 0.6) is 0 Å². The molecule has 2 rings (SSSR count). The lowest BCUT2D eigenvalue weighted by molar-refractivity contribution is 0.0911. The molecule has 106 valence electrons. The van der Waals surface area contributed by atoms with Crippen molar-refractivity contribution in [1.29, 1.82) is 0 Å². The van der Waals surface area contributed by atoms with Crippen molar-refractivity contribution in [1.82, 2.24) is 10.3 Å². The Morgan fingerprint density at radius 3 is 2.80 bits per heavy atom. The molecule has 0 aliphatic carbocycles. The summed E-state index contributed by atoms with van der Waals surface area (Å²) in [6.45, 7) is 3.74. The molecule has 1 amide bonds. The van der Waals surface area contributed by atoms with Crippen molar-refractivity contribution in [2.45, 2.75) is 19.9 Å². The molecule has 0 spiro atoms. The minimum atomic E-state index is -0.287. The van der Waals surface area contributed by atoms with Crippen LogP contribution in [0.15, 0.2) is 30.3 Å². The smallest absolute Gasteiger partial charge is 0.270 e. The molecule has 2 unspecified atom stereocenters. The van der Waals surface area contributed by atoms with Gasteiger partial charge in [0.05, 0.1) is 0 Å². The first-order valence-corrected chi connectivity index (χ1v) is 6.87. The number of nitrogens with one attached hydrogen (secondary N) is 1. The highest BCUT2D eigenvalue weighted by atomic mass is 35.5. The van der Waals surface area contributed by atoms with Crippen LogP contribution in [-0.4, -0.2) is 28.6 Å². The van der Waals surface area contributed by atoms with E-state index in [1.54, 1.807) is 6.07 Å². The normalized spacial score (nSPS) is 14.0. The first kappa shape index (κ1) is 14.8. The number of rotatable bonds is 4. The number of halogens is 1. The van der Waals surface area contributed by atoms with E-state index in [4.69, 9.17) is 16.7 Å². The molecule has 5 heteroatoms. The number of carbonyl (C=O) groups is 1. The summed E-state index contributed by atoms with van der Waals surface area (Å²) in [6, 6.07) is 9.09. The average Bonchev–Trinajstić information content (AvgIpc) is 2.46. The van der Waals surface area contributed by atoms with Crippen molar-refractivity contribution in [2.75, 3.05) is 6.61 Å². The lowest BCUT2D eigenvalue weighted by Crippen LogP contribution is -2.38. The number of carbonyl (C=O) groups excluding carboxylic acids is 1. The van der Waals surface area contributed by atoms with E-state index in [1.165, 1.54) is 0 Å². The Labute approximate surface area is 122 Å². The molecule has 0 aliphatic heterocycles. The lowest BCUT2D eigenvalue weighted by atomic mass is 10.0. The van der Waals surface area contributed by atoms with E-state index in [2.05, 4.69) is 10.3 Å². The Kier molecular flexibility index (Phi) is 4.57. The van der Waals surface area contributed by atoms with Gasteiger partial charge in [-0.05, 0) is 24.3 Å². The number of benzene rings is 1. The standard InChI is InChI=1S/C15H17ClN2O2/c1-9(8-19)10(2)17-15(20)13-7-11-5-3-4-6-12(11)14(16)18-13/h3-7,9-10,19H,8H2,1-2H3,(H,17,20). The molecule has 0 saturated heterocycles. The molecule has 1 heterocycles. The first-order chi connectivity index (χ1) is 9.52. The zero-order valence-electron chi connectivity index (χ0n) is 11.4. The van der Waals surface area contributed by atoms with Gasteiger partial charge < -0.3 is 10.4 Å². The lowest BCUT2D eigenvalue weighted by Gasteiger charge is -2.19. The third-order valence-electron chi connectivity index (χ3n) is 3.43. The SMILES string of the molecule is CC(CO)C(C)NC(=O)c1cc2ccccc2c(Cl)n1. The molecule has 20 heavy (non-hydrogen) atoms. The topological polar surface area (TPSA) is 62.2 Å². The highest BCUT2D eigenvalue weighted by Gasteiger charge is 2.17. The van der Waals surface area contributed by atoms with Crippen LogP contribution < -0.4 is 5.32 Å². The Bertz CT molecular complexity index is 630. The number of hydrogen-bond donors (Lipinski definition) is 2. The summed E-state index contributed by atoms with van der Waals surface area (Å²) in [6.07, 6.45) is 0. The number of amides is 1. The Morgan fingerprint density at radius 1 is 1.40 bits per heavy atom. The van der Waals surface area contributed by atoms with Gasteiger partial charge in [-0.1, -0.05) is 42.8 Å². The number of aliphatic hydroxyl groups excluding tert-OH is 1. The number of aromatic nitrogens is 1. The minimum absolute atomic E-state index is 0.0186. The summed E-state index contributed by atoms with van der Waals surface area (Å²) in [5, 5.41) is 13.9. The van der Waals surface area contributed by atoms with Crippen molar-refractivity contribution in [2.24, 2.45) is 5.92 Å². The third-order valence-corrected chi connectivity index (χ3v) is 3.71. The molecule has 0 aliphatic rings. The Morgan fingerprint density at radius 2 is 2.10 bits per heavy atom. The molecule has 0 fully saturated rings. The van der Waals surface area contributed by atoms with Crippen molar-refractivity contribution in [3.8, 4) is 0 Å². The number of nitrogens with zero attached hydrogens (tertiary/aromatic N) is 1. The predicted octanol–water partition coefficient (Wildman–Crippen LogP) is 2.63. The molecule has 2 N–H and O–H groups in total. The minimum Gasteiger partial charge on any atom is -0.396 e. The van der Waals surface area contributed by atoms with Gasteiger partial charge >= 0.3 is 0 Å². The van der Waals surface area contributed by atoms with Crippen LogP contribution in [0.25, 0.3) is 10.8 Å². The highest BCUT2D eigenvalue weighted by molar-refractivity contribution is 6.34. The molecule has 1 aromatic heterocycles. The fourth-order valence-corrected chi connectivity index (χ4v) is 2.12. The molecule has 1 aromatic carbocycles. The zero-order chi connectivity index (χ0) is 14.7. The van der Waals surface area contributed by atoms with Crippen LogP contribution in [0.2, 0.25) is 5.15 Å². The fraction of sp³-hybridized carbons (Fsp3) is 0.333. The molecular weight excluding hydrogens is 276 g/mol. The van der Waals surface area contributed by atoms with Gasteiger partial charge in [0.2, 0.25) is 0 Å². The predicted molar refractivity (Wildman–Crippen MR) is 79.9 cm³/mol. The van der Waals surface area contributed by atoms with E-state index in [0.29, 0.717) is 5.15 Å². The van der Waals surface area contributed by atoms with Crippen molar-refractivity contribution in [3.05, 3.63) is 41.2 Å². The summed E-state index contributed by atoms with van der Waals surface area (Å²) in [5.74, 6) is -0.305. The maximum atomic E-state index is 12.2. The monoisotopic (exact) mass is 292 g/mol. The zero-order valence-corrected chi connectivity index (χ0v) is 12.2. The van der Waals surface area contributed by atoms with Gasteiger partial charge in [0.1, 0.15) is 10.8 Å². The van der Waals surface area contributed by atoms with Crippen LogP contribution in [0.1, 0.15) is 24.3 Å². The number of pyridine rings is 1. The fourth-order valence-electron chi connectivity index (χ4n) is 1.85. The van der Waals surface area contributed by atoms with Crippen molar-refractivity contribution >= 4 is 28.3 Å². The quantitative estimate of drug-likeness (QED) is 0.852. The Balaban J connectivity index is 2.27. The second-order valence-corrected chi connectivity index (χ2v) is 5.30. The van der Waals surface area contributed by atoms with Crippen LogP contribution >= 0.6 is 11.6 Å². The summed E-state index contributed by atoms with van der Waals surface area (Å²) < 4.78 is 0. The van der Waals surface area contributed by atoms with E-state index >= 15 is 0 Å². The van der Waals surface area contributed by atoms with E-state index in [9.17, 15) is 4.79 Å². The second kappa shape index (κ2) is 6.20. The van der Waals surface area contributed by atoms with Crippen LogP contribution in [0.4, 0.5) is 0 Å². The molecular formula is C15H17ClN2O2. The van der Waals surface area contributed by atoms with E-state index < -0.39 is 0 Å². The number of fused-ring (bicyclic) bond motifs is 1. The van der Waals surface area contributed by atoms with Gasteiger partial charge in [0, 0.05) is 18.0 Å². The third kappa shape index (κ3) is 3.08. The summed E-state index contributed by atoms with van der Waals surface area (Å²) >= 11 is 6.10. The molecule has 0 bridgehead atoms. The first-order valence-electron chi connectivity index (χ1n) is 6.50. The highest BCUT2D eigenvalue weighted by Crippen LogP contribution is 2.22. The average molecular weight is 293 g/mol. The molecule has 0 saturated carbocycles. The van der Waals surface area contributed by atoms with Gasteiger partial charge in [-0.15, -0.1) is 0 Å². The molecule has 4 nitrogen and oxygen atoms in total. The van der Waals surface area contributed by atoms with Gasteiger partial charge in [-0.25, -0.2) is 4.98 Å². The van der Waals surface area contributed by atoms with Gasteiger partial charge in [-0.2, -0.15) is 0 Å². The summed E-state index contributed by atoms with van der Waals surface area (Å²) in [4.78, 5) is 16.3. The Hall–Kier alpha value is -1.65.